The molecule has 76 valence electrons. The molecule has 0 fully saturated rings. The van der Waals surface area contributed by atoms with E-state index < -0.39 is 0 Å². The fourth-order valence-corrected chi connectivity index (χ4v) is 1.51. The third kappa shape index (κ3) is 2.21. The number of hydrogen-bond donors (Lipinski definition) is 0. The van der Waals surface area contributed by atoms with Crippen LogP contribution in [-0.4, -0.2) is 9.97 Å². The van der Waals surface area contributed by atoms with Crippen LogP contribution in [0.3, 0.4) is 0 Å². The zero-order valence-corrected chi connectivity index (χ0v) is 9.07. The van der Waals surface area contributed by atoms with Crippen molar-refractivity contribution in [3.8, 4) is 11.1 Å². The molecule has 0 amide bonds. The van der Waals surface area contributed by atoms with E-state index in [2.05, 4.69) is 41.2 Å². The second kappa shape index (κ2) is 4.22. The highest BCUT2D eigenvalue weighted by Gasteiger charge is 1.99. The predicted molar refractivity (Wildman–Crippen MR) is 61.6 cm³/mol. The Morgan fingerprint density at radius 3 is 2.47 bits per heavy atom. The molecule has 0 N–H and O–H groups in total. The van der Waals surface area contributed by atoms with Gasteiger partial charge in [0.15, 0.2) is 0 Å². The number of rotatable bonds is 2. The van der Waals surface area contributed by atoms with Crippen molar-refractivity contribution in [2.24, 2.45) is 0 Å². The summed E-state index contributed by atoms with van der Waals surface area (Å²) in [5, 5.41) is 0. The van der Waals surface area contributed by atoms with Crippen molar-refractivity contribution in [3.05, 3.63) is 48.0 Å². The summed E-state index contributed by atoms with van der Waals surface area (Å²) in [6, 6.07) is 8.49. The van der Waals surface area contributed by atoms with E-state index >= 15 is 0 Å². The Kier molecular flexibility index (Phi) is 2.77. The van der Waals surface area contributed by atoms with Crippen LogP contribution in [0.4, 0.5) is 0 Å². The Morgan fingerprint density at radius 2 is 1.80 bits per heavy atom. The molecule has 0 unspecified atom stereocenters. The van der Waals surface area contributed by atoms with Gasteiger partial charge < -0.3 is 0 Å². The normalized spacial score (nSPS) is 10.3. The standard InChI is InChI=1S/C13H14N2/c1-3-11-5-4-6-12(7-11)13-8-14-10(2)15-9-13/h4-9H,3H2,1-2H3. The minimum absolute atomic E-state index is 0.811. The maximum Gasteiger partial charge on any atom is 0.125 e. The zero-order valence-electron chi connectivity index (χ0n) is 9.07. The van der Waals surface area contributed by atoms with Crippen LogP contribution in [0.2, 0.25) is 0 Å². The second-order valence-electron chi connectivity index (χ2n) is 3.57. The number of nitrogens with zero attached hydrogens (tertiary/aromatic N) is 2. The van der Waals surface area contributed by atoms with Crippen molar-refractivity contribution in [3.63, 3.8) is 0 Å². The summed E-state index contributed by atoms with van der Waals surface area (Å²) in [4.78, 5) is 8.40. The molecule has 0 aliphatic carbocycles. The lowest BCUT2D eigenvalue weighted by Crippen LogP contribution is -1.88. The number of benzene rings is 1. The lowest BCUT2D eigenvalue weighted by atomic mass is 10.0. The lowest BCUT2D eigenvalue weighted by Gasteiger charge is -2.03. The van der Waals surface area contributed by atoms with Gasteiger partial charge in [0.25, 0.3) is 0 Å². The number of aryl methyl sites for hydroxylation is 2. The first-order chi connectivity index (χ1) is 7.29. The molecule has 2 nitrogen and oxygen atoms in total. The zero-order chi connectivity index (χ0) is 10.7. The maximum absolute atomic E-state index is 4.20. The number of hydrogen-bond acceptors (Lipinski definition) is 2. The largest absolute Gasteiger partial charge is 0.241 e. The average molecular weight is 198 g/mol. The molecular formula is C13H14N2. The van der Waals surface area contributed by atoms with Gasteiger partial charge in [-0.15, -0.1) is 0 Å². The van der Waals surface area contributed by atoms with Crippen LogP contribution in [-0.2, 0) is 6.42 Å². The van der Waals surface area contributed by atoms with E-state index in [9.17, 15) is 0 Å². The molecule has 2 aromatic rings. The first-order valence-electron chi connectivity index (χ1n) is 5.17. The lowest BCUT2D eigenvalue weighted by molar-refractivity contribution is 1.05. The SMILES string of the molecule is CCc1cccc(-c2cnc(C)nc2)c1. The molecule has 0 aliphatic rings. The Balaban J connectivity index is 2.40. The van der Waals surface area contributed by atoms with Gasteiger partial charge in [-0.25, -0.2) is 9.97 Å². The Hall–Kier alpha value is -1.70. The summed E-state index contributed by atoms with van der Waals surface area (Å²) in [7, 11) is 0. The molecule has 0 saturated carbocycles. The van der Waals surface area contributed by atoms with Gasteiger partial charge in [-0.1, -0.05) is 31.2 Å². The second-order valence-corrected chi connectivity index (χ2v) is 3.57. The Labute approximate surface area is 90.0 Å². The van der Waals surface area contributed by atoms with Crippen LogP contribution >= 0.6 is 0 Å². The molecule has 0 aliphatic heterocycles. The maximum atomic E-state index is 4.20. The summed E-state index contributed by atoms with van der Waals surface area (Å²) in [6.45, 7) is 4.05. The molecular weight excluding hydrogens is 184 g/mol. The average Bonchev–Trinajstić information content (AvgIpc) is 2.30. The van der Waals surface area contributed by atoms with E-state index in [1.807, 2.05) is 19.3 Å². The highest BCUT2D eigenvalue weighted by atomic mass is 14.8. The Morgan fingerprint density at radius 1 is 1.07 bits per heavy atom. The topological polar surface area (TPSA) is 25.8 Å². The molecule has 0 saturated heterocycles. The van der Waals surface area contributed by atoms with Crippen LogP contribution in [0.5, 0.6) is 0 Å². The van der Waals surface area contributed by atoms with Crippen molar-refractivity contribution >= 4 is 0 Å². The predicted octanol–water partition coefficient (Wildman–Crippen LogP) is 3.01. The third-order valence-corrected chi connectivity index (χ3v) is 2.45. The van der Waals surface area contributed by atoms with Gasteiger partial charge in [0, 0.05) is 18.0 Å². The van der Waals surface area contributed by atoms with Crippen molar-refractivity contribution in [1.82, 2.24) is 9.97 Å². The van der Waals surface area contributed by atoms with Crippen LogP contribution in [0, 0.1) is 6.92 Å². The van der Waals surface area contributed by atoms with Crippen molar-refractivity contribution in [1.29, 1.82) is 0 Å². The molecule has 15 heavy (non-hydrogen) atoms. The van der Waals surface area contributed by atoms with Gasteiger partial charge in [0.2, 0.25) is 0 Å². The highest BCUT2D eigenvalue weighted by molar-refractivity contribution is 5.62. The summed E-state index contributed by atoms with van der Waals surface area (Å²) < 4.78 is 0. The van der Waals surface area contributed by atoms with Crippen molar-refractivity contribution < 1.29 is 0 Å². The van der Waals surface area contributed by atoms with Gasteiger partial charge in [-0.2, -0.15) is 0 Å². The molecule has 0 bridgehead atoms. The minimum Gasteiger partial charge on any atom is -0.241 e. The van der Waals surface area contributed by atoms with Gasteiger partial charge in [-0.05, 0) is 24.5 Å². The number of aromatic nitrogens is 2. The van der Waals surface area contributed by atoms with E-state index in [0.29, 0.717) is 0 Å². The smallest absolute Gasteiger partial charge is 0.125 e. The molecule has 2 heteroatoms. The van der Waals surface area contributed by atoms with E-state index in [4.69, 9.17) is 0 Å². The van der Waals surface area contributed by atoms with E-state index in [1.165, 1.54) is 11.1 Å². The fraction of sp³-hybridized carbons (Fsp3) is 0.231. The molecule has 0 spiro atoms. The van der Waals surface area contributed by atoms with E-state index in [1.54, 1.807) is 0 Å². The molecule has 2 rings (SSSR count). The third-order valence-electron chi connectivity index (χ3n) is 2.45. The quantitative estimate of drug-likeness (QED) is 0.741. The first kappa shape index (κ1) is 9.84. The summed E-state index contributed by atoms with van der Waals surface area (Å²) in [5.41, 5.74) is 3.61. The van der Waals surface area contributed by atoms with E-state index in [-0.39, 0.29) is 0 Å². The van der Waals surface area contributed by atoms with Gasteiger partial charge in [-0.3, -0.25) is 0 Å². The minimum atomic E-state index is 0.811. The molecule has 0 atom stereocenters. The molecule has 1 aromatic carbocycles. The van der Waals surface area contributed by atoms with Crippen LogP contribution in [0.25, 0.3) is 11.1 Å². The van der Waals surface area contributed by atoms with Crippen LogP contribution in [0.1, 0.15) is 18.3 Å². The first-order valence-corrected chi connectivity index (χ1v) is 5.17. The Bertz CT molecular complexity index is 446. The van der Waals surface area contributed by atoms with Gasteiger partial charge in [0.05, 0.1) is 0 Å². The molecule has 1 heterocycles. The monoisotopic (exact) mass is 198 g/mol. The van der Waals surface area contributed by atoms with Crippen molar-refractivity contribution in [2.45, 2.75) is 20.3 Å². The summed E-state index contributed by atoms with van der Waals surface area (Å²) >= 11 is 0. The summed E-state index contributed by atoms with van der Waals surface area (Å²) in [5.74, 6) is 0.811. The van der Waals surface area contributed by atoms with Crippen LogP contribution in [0.15, 0.2) is 36.7 Å². The van der Waals surface area contributed by atoms with E-state index in [0.717, 1.165) is 17.8 Å². The van der Waals surface area contributed by atoms with Crippen LogP contribution < -0.4 is 0 Å². The van der Waals surface area contributed by atoms with Gasteiger partial charge >= 0.3 is 0 Å². The summed E-state index contributed by atoms with van der Waals surface area (Å²) in [6.07, 6.45) is 4.80. The fourth-order valence-electron chi connectivity index (χ4n) is 1.51. The van der Waals surface area contributed by atoms with Crippen molar-refractivity contribution in [2.75, 3.05) is 0 Å². The molecule has 0 radical (unpaired) electrons. The highest BCUT2D eigenvalue weighted by Crippen LogP contribution is 2.18. The molecule has 1 aromatic heterocycles. The van der Waals surface area contributed by atoms with Gasteiger partial charge in [0.1, 0.15) is 5.82 Å².